The van der Waals surface area contributed by atoms with Crippen molar-refractivity contribution in [1.29, 1.82) is 0 Å². The number of rotatable bonds is 6. The van der Waals surface area contributed by atoms with E-state index in [2.05, 4.69) is 22.2 Å². The first-order valence-corrected chi connectivity index (χ1v) is 7.50. The van der Waals surface area contributed by atoms with Gasteiger partial charge in [-0.1, -0.05) is 0 Å². The van der Waals surface area contributed by atoms with Gasteiger partial charge < -0.3 is 15.1 Å². The van der Waals surface area contributed by atoms with Gasteiger partial charge in [0.1, 0.15) is 0 Å². The van der Waals surface area contributed by atoms with Crippen LogP contribution in [-0.2, 0) is 0 Å². The van der Waals surface area contributed by atoms with Gasteiger partial charge >= 0.3 is 0 Å². The van der Waals surface area contributed by atoms with Crippen LogP contribution in [0.3, 0.4) is 0 Å². The van der Waals surface area contributed by atoms with E-state index in [1.807, 2.05) is 0 Å². The van der Waals surface area contributed by atoms with Gasteiger partial charge in [-0.2, -0.15) is 0 Å². The van der Waals surface area contributed by atoms with E-state index in [4.69, 9.17) is 0 Å². The van der Waals surface area contributed by atoms with Crippen LogP contribution in [0.15, 0.2) is 0 Å². The molecule has 1 atom stereocenters. The van der Waals surface area contributed by atoms with Crippen LogP contribution in [-0.4, -0.2) is 61.2 Å². The van der Waals surface area contributed by atoms with Crippen molar-refractivity contribution in [3.8, 4) is 0 Å². The lowest BCUT2D eigenvalue weighted by Gasteiger charge is -2.34. The van der Waals surface area contributed by atoms with E-state index in [0.717, 1.165) is 18.1 Å². The topological polar surface area (TPSA) is 18.5 Å². The van der Waals surface area contributed by atoms with Gasteiger partial charge in [-0.3, -0.25) is 0 Å². The Morgan fingerprint density at radius 1 is 1.12 bits per heavy atom. The van der Waals surface area contributed by atoms with E-state index in [9.17, 15) is 0 Å². The number of hydrogen-bond donors (Lipinski definition) is 1. The minimum absolute atomic E-state index is 0.780. The minimum atomic E-state index is 0.780. The summed E-state index contributed by atoms with van der Waals surface area (Å²) in [6.45, 7) is 5.15. The quantitative estimate of drug-likeness (QED) is 0.751. The highest BCUT2D eigenvalue weighted by molar-refractivity contribution is 4.88. The molecule has 3 nitrogen and oxygen atoms in total. The molecule has 0 bridgehead atoms. The lowest BCUT2D eigenvalue weighted by atomic mass is 10.1. The molecule has 0 amide bonds. The second-order valence-electron chi connectivity index (χ2n) is 6.29. The highest BCUT2D eigenvalue weighted by atomic mass is 15.2. The third-order valence-electron chi connectivity index (χ3n) is 4.49. The second kappa shape index (κ2) is 5.25. The minimum Gasteiger partial charge on any atom is -0.310 e. The van der Waals surface area contributed by atoms with Gasteiger partial charge in [0.05, 0.1) is 0 Å². The second-order valence-corrected chi connectivity index (χ2v) is 6.29. The van der Waals surface area contributed by atoms with Crippen LogP contribution in [0.1, 0.15) is 38.5 Å². The normalized spacial score (nSPS) is 31.1. The molecular weight excluding hydrogens is 210 g/mol. The van der Waals surface area contributed by atoms with Crippen molar-refractivity contribution in [3.63, 3.8) is 0 Å². The third kappa shape index (κ3) is 3.67. The molecule has 17 heavy (non-hydrogen) atoms. The summed E-state index contributed by atoms with van der Waals surface area (Å²) in [4.78, 5) is 5.22. The number of nitrogens with one attached hydrogen (secondary N) is 1. The van der Waals surface area contributed by atoms with Crippen molar-refractivity contribution >= 4 is 0 Å². The maximum Gasteiger partial charge on any atom is 0.0198 e. The summed E-state index contributed by atoms with van der Waals surface area (Å²) in [6, 6.07) is 2.57. The van der Waals surface area contributed by atoms with Crippen molar-refractivity contribution < 1.29 is 0 Å². The predicted molar refractivity (Wildman–Crippen MR) is 71.3 cm³/mol. The smallest absolute Gasteiger partial charge is 0.0198 e. The first kappa shape index (κ1) is 11.9. The summed E-state index contributed by atoms with van der Waals surface area (Å²) in [5.41, 5.74) is 0. The van der Waals surface area contributed by atoms with Crippen LogP contribution >= 0.6 is 0 Å². The molecule has 0 radical (unpaired) electrons. The zero-order valence-corrected chi connectivity index (χ0v) is 11.2. The van der Waals surface area contributed by atoms with Gasteiger partial charge in [0.15, 0.2) is 0 Å². The Kier molecular flexibility index (Phi) is 3.69. The highest BCUT2D eigenvalue weighted by Gasteiger charge is 2.29. The number of hydrogen-bond acceptors (Lipinski definition) is 3. The van der Waals surface area contributed by atoms with Gasteiger partial charge in [0.25, 0.3) is 0 Å². The third-order valence-corrected chi connectivity index (χ3v) is 4.49. The van der Waals surface area contributed by atoms with Gasteiger partial charge in [-0.15, -0.1) is 0 Å². The molecule has 98 valence electrons. The van der Waals surface area contributed by atoms with E-state index in [1.54, 1.807) is 0 Å². The Balaban J connectivity index is 1.36. The molecule has 3 heteroatoms. The molecule has 0 aromatic rings. The fourth-order valence-corrected chi connectivity index (χ4v) is 2.98. The van der Waals surface area contributed by atoms with Crippen molar-refractivity contribution in [2.45, 2.75) is 56.7 Å². The number of likely N-dealkylation sites (tertiary alicyclic amines) is 1. The Morgan fingerprint density at radius 2 is 1.94 bits per heavy atom. The van der Waals surface area contributed by atoms with E-state index in [1.165, 1.54) is 64.7 Å². The fraction of sp³-hybridized carbons (Fsp3) is 1.00. The Bertz CT molecular complexity index is 248. The summed E-state index contributed by atoms with van der Waals surface area (Å²) in [7, 11) is 2.29. The van der Waals surface area contributed by atoms with Crippen LogP contribution in [0.4, 0.5) is 0 Å². The molecule has 3 aliphatic rings. The molecule has 2 saturated carbocycles. The van der Waals surface area contributed by atoms with Crippen molar-refractivity contribution in [3.05, 3.63) is 0 Å². The molecule has 0 aromatic heterocycles. The molecule has 1 aliphatic heterocycles. The van der Waals surface area contributed by atoms with Crippen molar-refractivity contribution in [2.24, 2.45) is 0 Å². The molecule has 3 fully saturated rings. The summed E-state index contributed by atoms with van der Waals surface area (Å²) in [5, 5.41) is 3.79. The number of nitrogens with zero attached hydrogens (tertiary/aromatic N) is 2. The number of piperidine rings is 1. The molecule has 1 saturated heterocycles. The van der Waals surface area contributed by atoms with Crippen LogP contribution in [0, 0.1) is 0 Å². The van der Waals surface area contributed by atoms with E-state index < -0.39 is 0 Å². The Morgan fingerprint density at radius 3 is 2.65 bits per heavy atom. The molecule has 0 spiro atoms. The maximum atomic E-state index is 3.79. The van der Waals surface area contributed by atoms with Gasteiger partial charge in [0, 0.05) is 37.8 Å². The average molecular weight is 237 g/mol. The monoisotopic (exact) mass is 237 g/mol. The molecule has 1 heterocycles. The van der Waals surface area contributed by atoms with Crippen LogP contribution in [0.25, 0.3) is 0 Å². The van der Waals surface area contributed by atoms with E-state index >= 15 is 0 Å². The highest BCUT2D eigenvalue weighted by Crippen LogP contribution is 2.25. The fourth-order valence-electron chi connectivity index (χ4n) is 2.98. The molecule has 1 unspecified atom stereocenters. The lowest BCUT2D eigenvalue weighted by molar-refractivity contribution is 0.166. The molecule has 3 rings (SSSR count). The van der Waals surface area contributed by atoms with E-state index in [0.29, 0.717) is 0 Å². The van der Waals surface area contributed by atoms with Gasteiger partial charge in [-0.05, 0) is 52.1 Å². The molecule has 0 aromatic carbocycles. The first-order valence-electron chi connectivity index (χ1n) is 7.50. The zero-order chi connectivity index (χ0) is 11.7. The van der Waals surface area contributed by atoms with Gasteiger partial charge in [0.2, 0.25) is 0 Å². The number of likely N-dealkylation sites (N-methyl/N-ethyl adjacent to an activating group) is 1. The predicted octanol–water partition coefficient (Wildman–Crippen LogP) is 1.30. The SMILES string of the molecule is CN(CCN1CCCC(NC2CC2)C1)C1CC1. The van der Waals surface area contributed by atoms with Crippen LogP contribution < -0.4 is 5.32 Å². The lowest BCUT2D eigenvalue weighted by Crippen LogP contribution is -2.48. The van der Waals surface area contributed by atoms with Crippen LogP contribution in [0.5, 0.6) is 0 Å². The summed E-state index contributed by atoms with van der Waals surface area (Å²) in [6.07, 6.45) is 8.48. The molecule has 2 aliphatic carbocycles. The summed E-state index contributed by atoms with van der Waals surface area (Å²) < 4.78 is 0. The molecular formula is C14H27N3. The average Bonchev–Trinajstić information content (AvgIpc) is 3.17. The van der Waals surface area contributed by atoms with Gasteiger partial charge in [-0.25, -0.2) is 0 Å². The summed E-state index contributed by atoms with van der Waals surface area (Å²) >= 11 is 0. The Labute approximate surface area is 106 Å². The first-order chi connectivity index (χ1) is 8.31. The molecule has 1 N–H and O–H groups in total. The van der Waals surface area contributed by atoms with Crippen LogP contribution in [0.2, 0.25) is 0 Å². The standard InChI is InChI=1S/C14H27N3/c1-16(14-6-7-14)9-10-17-8-2-3-13(11-17)15-12-4-5-12/h12-15H,2-11H2,1H3. The maximum absolute atomic E-state index is 3.79. The zero-order valence-electron chi connectivity index (χ0n) is 11.2. The van der Waals surface area contributed by atoms with E-state index in [-0.39, 0.29) is 0 Å². The van der Waals surface area contributed by atoms with Crippen molar-refractivity contribution in [1.82, 2.24) is 15.1 Å². The largest absolute Gasteiger partial charge is 0.310 e. The van der Waals surface area contributed by atoms with Crippen molar-refractivity contribution in [2.75, 3.05) is 33.2 Å². The summed E-state index contributed by atoms with van der Waals surface area (Å²) in [5.74, 6) is 0. The Hall–Kier alpha value is -0.120.